The van der Waals surface area contributed by atoms with E-state index in [1.54, 1.807) is 12.4 Å². The van der Waals surface area contributed by atoms with Crippen LogP contribution in [0.15, 0.2) is 29.6 Å². The quantitative estimate of drug-likeness (QED) is 0.837. The summed E-state index contributed by atoms with van der Waals surface area (Å²) in [5.41, 5.74) is 7.55. The minimum atomic E-state index is -0.233. The normalized spacial score (nSPS) is 15.6. The number of hydrazone groups is 1. The highest BCUT2D eigenvalue weighted by molar-refractivity contribution is 5.94. The van der Waals surface area contributed by atoms with Gasteiger partial charge in [-0.05, 0) is 17.5 Å². The van der Waals surface area contributed by atoms with Gasteiger partial charge in [-0.2, -0.15) is 5.10 Å². The molecule has 2 amide bonds. The molecule has 0 bridgehead atoms. The van der Waals surface area contributed by atoms with Crippen LogP contribution in [0.25, 0.3) is 0 Å². The lowest BCUT2D eigenvalue weighted by molar-refractivity contribution is 0.174. The molecular weight excluding hydrogens is 230 g/mol. The maximum Gasteiger partial charge on any atom is 0.352 e. The minimum absolute atomic E-state index is 0.233. The molecule has 0 saturated heterocycles. The summed E-state index contributed by atoms with van der Waals surface area (Å²) in [6, 6.07) is 3.59. The summed E-state index contributed by atoms with van der Waals surface area (Å²) in [4.78, 5) is 15.6. The molecule has 0 radical (unpaired) electrons. The minimum Gasteiger partial charge on any atom is -0.264 e. The molecular formula is C12H17N5O. The van der Waals surface area contributed by atoms with Crippen molar-refractivity contribution in [2.45, 2.75) is 20.4 Å². The van der Waals surface area contributed by atoms with Gasteiger partial charge in [-0.3, -0.25) is 9.99 Å². The van der Waals surface area contributed by atoms with Crippen molar-refractivity contribution >= 4 is 11.7 Å². The summed E-state index contributed by atoms with van der Waals surface area (Å²) in [5.74, 6) is 0.313. The van der Waals surface area contributed by atoms with Crippen molar-refractivity contribution in [3.05, 3.63) is 30.1 Å². The highest BCUT2D eigenvalue weighted by Gasteiger charge is 2.21. The fourth-order valence-electron chi connectivity index (χ4n) is 1.58. The van der Waals surface area contributed by atoms with E-state index in [9.17, 15) is 4.79 Å². The Hall–Kier alpha value is -1.95. The summed E-state index contributed by atoms with van der Waals surface area (Å²) < 4.78 is 0. The van der Waals surface area contributed by atoms with Crippen LogP contribution in [0.3, 0.4) is 0 Å². The molecule has 2 rings (SSSR count). The Kier molecular flexibility index (Phi) is 3.88. The third-order valence-corrected chi connectivity index (χ3v) is 2.72. The number of hydrazine groups is 1. The van der Waals surface area contributed by atoms with Crippen molar-refractivity contribution in [2.75, 3.05) is 6.54 Å². The Morgan fingerprint density at radius 2 is 2.39 bits per heavy atom. The van der Waals surface area contributed by atoms with Gasteiger partial charge in [0.25, 0.3) is 0 Å². The van der Waals surface area contributed by atoms with E-state index in [-0.39, 0.29) is 6.03 Å². The average Bonchev–Trinajstić information content (AvgIpc) is 2.38. The van der Waals surface area contributed by atoms with Crippen LogP contribution < -0.4 is 10.9 Å². The summed E-state index contributed by atoms with van der Waals surface area (Å²) >= 11 is 0. The van der Waals surface area contributed by atoms with E-state index < -0.39 is 0 Å². The summed E-state index contributed by atoms with van der Waals surface area (Å²) in [6.45, 7) is 5.17. The smallest absolute Gasteiger partial charge is 0.264 e. The summed E-state index contributed by atoms with van der Waals surface area (Å²) in [6.07, 6.45) is 3.49. The van der Waals surface area contributed by atoms with E-state index in [1.807, 2.05) is 12.1 Å². The highest BCUT2D eigenvalue weighted by Crippen LogP contribution is 2.04. The first-order valence-corrected chi connectivity index (χ1v) is 5.93. The largest absolute Gasteiger partial charge is 0.352 e. The second kappa shape index (κ2) is 5.59. The topological polar surface area (TPSA) is 69.6 Å². The molecule has 2 heterocycles. The SMILES string of the molecule is CC(C)C1=NNC(=O)N(NCc2cccnc2)C1. The first-order chi connectivity index (χ1) is 8.66. The van der Waals surface area contributed by atoms with Crippen molar-refractivity contribution in [2.24, 2.45) is 11.0 Å². The van der Waals surface area contributed by atoms with Crippen LogP contribution in [0.1, 0.15) is 19.4 Å². The van der Waals surface area contributed by atoms with E-state index >= 15 is 0 Å². The summed E-state index contributed by atoms with van der Waals surface area (Å²) in [5, 5.41) is 5.58. The van der Waals surface area contributed by atoms with Gasteiger partial charge >= 0.3 is 6.03 Å². The third-order valence-electron chi connectivity index (χ3n) is 2.72. The number of nitrogens with one attached hydrogen (secondary N) is 2. The number of hydrogen-bond acceptors (Lipinski definition) is 4. The van der Waals surface area contributed by atoms with Crippen molar-refractivity contribution in [3.8, 4) is 0 Å². The van der Waals surface area contributed by atoms with Crippen LogP contribution in [0, 0.1) is 5.92 Å². The molecule has 2 N–H and O–H groups in total. The number of pyridine rings is 1. The maximum absolute atomic E-state index is 11.6. The first-order valence-electron chi connectivity index (χ1n) is 5.93. The molecule has 0 saturated carbocycles. The van der Waals surface area contributed by atoms with E-state index in [2.05, 4.69) is 34.8 Å². The van der Waals surface area contributed by atoms with Crippen molar-refractivity contribution in [1.82, 2.24) is 20.8 Å². The molecule has 1 aliphatic heterocycles. The lowest BCUT2D eigenvalue weighted by Gasteiger charge is -2.28. The van der Waals surface area contributed by atoms with E-state index in [0.717, 1.165) is 11.3 Å². The monoisotopic (exact) mass is 247 g/mol. The molecule has 0 aliphatic carbocycles. The Bertz CT molecular complexity index is 443. The number of carbonyl (C=O) groups excluding carboxylic acids is 1. The number of nitrogens with zero attached hydrogens (tertiary/aromatic N) is 3. The zero-order valence-corrected chi connectivity index (χ0v) is 10.6. The molecule has 96 valence electrons. The van der Waals surface area contributed by atoms with Gasteiger partial charge in [0.2, 0.25) is 0 Å². The number of rotatable bonds is 4. The zero-order chi connectivity index (χ0) is 13.0. The molecule has 1 aliphatic rings. The van der Waals surface area contributed by atoms with Crippen LogP contribution >= 0.6 is 0 Å². The van der Waals surface area contributed by atoms with Crippen molar-refractivity contribution in [1.29, 1.82) is 0 Å². The van der Waals surface area contributed by atoms with Crippen LogP contribution in [0.4, 0.5) is 4.79 Å². The second-order valence-electron chi connectivity index (χ2n) is 4.46. The second-order valence-corrected chi connectivity index (χ2v) is 4.46. The van der Waals surface area contributed by atoms with Crippen LogP contribution in [0.5, 0.6) is 0 Å². The Balaban J connectivity index is 1.93. The van der Waals surface area contributed by atoms with Gasteiger partial charge in [-0.25, -0.2) is 15.6 Å². The number of carbonyl (C=O) groups is 1. The van der Waals surface area contributed by atoms with Gasteiger partial charge in [-0.15, -0.1) is 0 Å². The van der Waals surface area contributed by atoms with Gasteiger partial charge in [0.05, 0.1) is 12.3 Å². The highest BCUT2D eigenvalue weighted by atomic mass is 16.2. The predicted octanol–water partition coefficient (Wildman–Crippen LogP) is 1.12. The molecule has 1 aromatic heterocycles. The lowest BCUT2D eigenvalue weighted by Crippen LogP contribution is -2.53. The van der Waals surface area contributed by atoms with Crippen molar-refractivity contribution < 1.29 is 4.79 Å². The van der Waals surface area contributed by atoms with Crippen LogP contribution in [-0.4, -0.2) is 28.3 Å². The first kappa shape index (κ1) is 12.5. The molecule has 1 aromatic rings. The Labute approximate surface area is 106 Å². The van der Waals surface area contributed by atoms with E-state index in [1.165, 1.54) is 5.01 Å². The Morgan fingerprint density at radius 1 is 1.56 bits per heavy atom. The molecule has 0 fully saturated rings. The standard InChI is InChI=1S/C12H17N5O/c1-9(2)11-8-17(12(18)16-15-11)14-7-10-4-3-5-13-6-10/h3-6,9,14H,7-8H2,1-2H3,(H,16,18). The molecule has 0 aromatic carbocycles. The van der Waals surface area contributed by atoms with Gasteiger partial charge in [0.15, 0.2) is 0 Å². The van der Waals surface area contributed by atoms with Crippen LogP contribution in [0.2, 0.25) is 0 Å². The number of aromatic nitrogens is 1. The van der Waals surface area contributed by atoms with Gasteiger partial charge in [0, 0.05) is 18.9 Å². The maximum atomic E-state index is 11.6. The Morgan fingerprint density at radius 3 is 3.06 bits per heavy atom. The fraction of sp³-hybridized carbons (Fsp3) is 0.417. The number of urea groups is 1. The molecule has 0 spiro atoms. The lowest BCUT2D eigenvalue weighted by atomic mass is 10.1. The van der Waals surface area contributed by atoms with Gasteiger partial charge < -0.3 is 0 Å². The predicted molar refractivity (Wildman–Crippen MR) is 68.6 cm³/mol. The molecule has 6 heteroatoms. The van der Waals surface area contributed by atoms with E-state index in [0.29, 0.717) is 19.0 Å². The number of hydrogen-bond donors (Lipinski definition) is 2. The molecule has 6 nitrogen and oxygen atoms in total. The van der Waals surface area contributed by atoms with Gasteiger partial charge in [0.1, 0.15) is 0 Å². The molecule has 0 unspecified atom stereocenters. The van der Waals surface area contributed by atoms with Crippen molar-refractivity contribution in [3.63, 3.8) is 0 Å². The fourth-order valence-corrected chi connectivity index (χ4v) is 1.58. The molecule has 18 heavy (non-hydrogen) atoms. The zero-order valence-electron chi connectivity index (χ0n) is 10.6. The number of amides is 2. The van der Waals surface area contributed by atoms with Gasteiger partial charge in [-0.1, -0.05) is 19.9 Å². The van der Waals surface area contributed by atoms with E-state index in [4.69, 9.17) is 0 Å². The average molecular weight is 247 g/mol. The summed E-state index contributed by atoms with van der Waals surface area (Å²) in [7, 11) is 0. The van der Waals surface area contributed by atoms with Crippen LogP contribution in [-0.2, 0) is 6.54 Å². The third kappa shape index (κ3) is 3.04. The molecule has 0 atom stereocenters.